The van der Waals surface area contributed by atoms with E-state index in [9.17, 15) is 14.4 Å². The fourth-order valence-electron chi connectivity index (χ4n) is 2.10. The number of aliphatic carboxylic acids is 1. The van der Waals surface area contributed by atoms with Crippen molar-refractivity contribution in [3.8, 4) is 0 Å². The van der Waals surface area contributed by atoms with Crippen LogP contribution in [0.3, 0.4) is 0 Å². The van der Waals surface area contributed by atoms with E-state index in [-0.39, 0.29) is 31.4 Å². The van der Waals surface area contributed by atoms with Gasteiger partial charge in [0, 0.05) is 26.0 Å². The molecule has 0 bridgehead atoms. The topological polar surface area (TPSA) is 105 Å². The first kappa shape index (κ1) is 15.4. The van der Waals surface area contributed by atoms with Crippen LogP contribution in [0.15, 0.2) is 0 Å². The van der Waals surface area contributed by atoms with Crippen LogP contribution in [0, 0.1) is 0 Å². The van der Waals surface area contributed by atoms with Gasteiger partial charge in [-0.15, -0.1) is 0 Å². The van der Waals surface area contributed by atoms with Crippen molar-refractivity contribution in [2.75, 3.05) is 7.11 Å². The van der Waals surface area contributed by atoms with E-state index < -0.39 is 17.9 Å². The molecule has 2 atom stereocenters. The summed E-state index contributed by atoms with van der Waals surface area (Å²) in [5, 5.41) is 13.3. The lowest BCUT2D eigenvalue weighted by Crippen LogP contribution is -2.43. The van der Waals surface area contributed by atoms with Gasteiger partial charge >= 0.3 is 12.0 Å². The average Bonchev–Trinajstić information content (AvgIpc) is 2.75. The Balaban J connectivity index is 2.16. The van der Waals surface area contributed by atoms with Crippen LogP contribution in [0.5, 0.6) is 0 Å². The molecule has 0 saturated heterocycles. The number of nitrogens with one attached hydrogen (secondary N) is 2. The molecule has 108 valence electrons. The Morgan fingerprint density at radius 3 is 2.58 bits per heavy atom. The van der Waals surface area contributed by atoms with Gasteiger partial charge in [0.05, 0.1) is 6.10 Å². The molecule has 7 heteroatoms. The number of carboxylic acid groups (broad SMARTS) is 1. The lowest BCUT2D eigenvalue weighted by molar-refractivity contribution is -0.137. The smallest absolute Gasteiger partial charge is 0.321 e. The summed E-state index contributed by atoms with van der Waals surface area (Å²) in [4.78, 5) is 33.1. The number of hydrogen-bond donors (Lipinski definition) is 3. The van der Waals surface area contributed by atoms with Crippen LogP contribution < -0.4 is 10.6 Å². The fraction of sp³-hybridized carbons (Fsp3) is 0.750. The monoisotopic (exact) mass is 272 g/mol. The third kappa shape index (κ3) is 6.19. The van der Waals surface area contributed by atoms with Crippen molar-refractivity contribution in [2.24, 2.45) is 0 Å². The van der Waals surface area contributed by atoms with Gasteiger partial charge in [0.25, 0.3) is 0 Å². The SMILES string of the molecule is COC1CCC(NC(=O)NC(=O)CCCC(=O)O)C1. The quantitative estimate of drug-likeness (QED) is 0.658. The maximum atomic E-state index is 11.5. The predicted octanol–water partition coefficient (Wildman–Crippen LogP) is 0.635. The zero-order valence-corrected chi connectivity index (χ0v) is 11.0. The molecule has 1 fully saturated rings. The number of hydrogen-bond acceptors (Lipinski definition) is 4. The summed E-state index contributed by atoms with van der Waals surface area (Å²) in [6, 6.07) is -0.501. The van der Waals surface area contributed by atoms with Crippen molar-refractivity contribution in [2.45, 2.75) is 50.7 Å². The van der Waals surface area contributed by atoms with Crippen molar-refractivity contribution in [3.05, 3.63) is 0 Å². The number of carbonyl (C=O) groups is 3. The molecule has 2 unspecified atom stereocenters. The lowest BCUT2D eigenvalue weighted by atomic mass is 10.2. The highest BCUT2D eigenvalue weighted by molar-refractivity contribution is 5.94. The first-order chi connectivity index (χ1) is 9.01. The maximum absolute atomic E-state index is 11.5. The molecule has 0 aromatic carbocycles. The minimum atomic E-state index is -0.950. The number of methoxy groups -OCH3 is 1. The third-order valence-electron chi connectivity index (χ3n) is 3.10. The molecule has 1 aliphatic carbocycles. The van der Waals surface area contributed by atoms with Crippen molar-refractivity contribution >= 4 is 17.9 Å². The van der Waals surface area contributed by atoms with E-state index in [0.29, 0.717) is 0 Å². The van der Waals surface area contributed by atoms with E-state index in [1.165, 1.54) is 0 Å². The van der Waals surface area contributed by atoms with E-state index in [2.05, 4.69) is 10.6 Å². The van der Waals surface area contributed by atoms with Gasteiger partial charge in [-0.1, -0.05) is 0 Å². The van der Waals surface area contributed by atoms with Crippen molar-refractivity contribution in [3.63, 3.8) is 0 Å². The van der Waals surface area contributed by atoms with Gasteiger partial charge < -0.3 is 15.2 Å². The molecule has 0 heterocycles. The van der Waals surface area contributed by atoms with Crippen molar-refractivity contribution < 1.29 is 24.2 Å². The normalized spacial score (nSPS) is 21.9. The number of amides is 3. The zero-order valence-electron chi connectivity index (χ0n) is 11.0. The summed E-state index contributed by atoms with van der Waals surface area (Å²) >= 11 is 0. The highest BCUT2D eigenvalue weighted by Gasteiger charge is 2.25. The molecule has 19 heavy (non-hydrogen) atoms. The second-order valence-electron chi connectivity index (χ2n) is 4.64. The molecule has 1 saturated carbocycles. The summed E-state index contributed by atoms with van der Waals surface area (Å²) < 4.78 is 5.19. The standard InChI is InChI=1S/C12H20N2O5/c1-19-9-6-5-8(7-9)13-12(18)14-10(15)3-2-4-11(16)17/h8-9H,2-7H2,1H3,(H,16,17)(H2,13,14,15,18). The van der Waals surface area contributed by atoms with Crippen molar-refractivity contribution in [1.82, 2.24) is 10.6 Å². The van der Waals surface area contributed by atoms with Gasteiger partial charge in [0.1, 0.15) is 0 Å². The Labute approximate surface area is 111 Å². The maximum Gasteiger partial charge on any atom is 0.321 e. The predicted molar refractivity (Wildman–Crippen MR) is 66.6 cm³/mol. The minimum absolute atomic E-state index is 0.0248. The summed E-state index contributed by atoms with van der Waals surface area (Å²) in [6.45, 7) is 0. The first-order valence-electron chi connectivity index (χ1n) is 6.36. The Kier molecular flexibility index (Phi) is 6.27. The molecule has 1 rings (SSSR count). The van der Waals surface area contributed by atoms with Gasteiger partial charge in [-0.3, -0.25) is 14.9 Å². The molecule has 3 amide bonds. The van der Waals surface area contributed by atoms with E-state index in [0.717, 1.165) is 19.3 Å². The number of imide groups is 1. The molecule has 0 aromatic rings. The second kappa shape index (κ2) is 7.73. The van der Waals surface area contributed by atoms with Gasteiger partial charge in [0.15, 0.2) is 0 Å². The largest absolute Gasteiger partial charge is 0.481 e. The summed E-state index contributed by atoms with van der Waals surface area (Å²) in [6.07, 6.45) is 2.82. The van der Waals surface area contributed by atoms with E-state index in [1.54, 1.807) is 7.11 Å². The molecular weight excluding hydrogens is 252 g/mol. The van der Waals surface area contributed by atoms with Gasteiger partial charge in [0.2, 0.25) is 5.91 Å². The zero-order chi connectivity index (χ0) is 14.3. The Morgan fingerprint density at radius 2 is 2.00 bits per heavy atom. The summed E-state index contributed by atoms with van der Waals surface area (Å²) in [5.41, 5.74) is 0. The highest BCUT2D eigenvalue weighted by atomic mass is 16.5. The second-order valence-corrected chi connectivity index (χ2v) is 4.64. The van der Waals surface area contributed by atoms with Crippen LogP contribution in [-0.2, 0) is 14.3 Å². The number of rotatable bonds is 6. The molecular formula is C12H20N2O5. The molecule has 3 N–H and O–H groups in total. The van der Waals surface area contributed by atoms with E-state index in [1.807, 2.05) is 0 Å². The summed E-state index contributed by atoms with van der Waals surface area (Å²) in [7, 11) is 1.64. The van der Waals surface area contributed by atoms with Crippen LogP contribution in [0.4, 0.5) is 4.79 Å². The first-order valence-corrected chi connectivity index (χ1v) is 6.36. The van der Waals surface area contributed by atoms with Crippen molar-refractivity contribution in [1.29, 1.82) is 0 Å². The summed E-state index contributed by atoms with van der Waals surface area (Å²) in [5.74, 6) is -1.41. The highest BCUT2D eigenvalue weighted by Crippen LogP contribution is 2.21. The third-order valence-corrected chi connectivity index (χ3v) is 3.10. The Bertz CT molecular complexity index is 345. The van der Waals surface area contributed by atoms with Gasteiger partial charge in [-0.25, -0.2) is 4.79 Å². The van der Waals surface area contributed by atoms with Crippen LogP contribution in [-0.4, -0.2) is 42.3 Å². The Morgan fingerprint density at radius 1 is 1.26 bits per heavy atom. The molecule has 1 aliphatic rings. The fourth-order valence-corrected chi connectivity index (χ4v) is 2.10. The van der Waals surface area contributed by atoms with Crippen LogP contribution in [0.25, 0.3) is 0 Å². The number of urea groups is 1. The van der Waals surface area contributed by atoms with Gasteiger partial charge in [-0.05, 0) is 25.7 Å². The number of ether oxygens (including phenoxy) is 1. The van der Waals surface area contributed by atoms with Gasteiger partial charge in [-0.2, -0.15) is 0 Å². The number of carbonyl (C=O) groups excluding carboxylic acids is 2. The molecule has 0 radical (unpaired) electrons. The minimum Gasteiger partial charge on any atom is -0.481 e. The molecule has 0 aromatic heterocycles. The molecule has 0 spiro atoms. The van der Waals surface area contributed by atoms with E-state index >= 15 is 0 Å². The molecule has 7 nitrogen and oxygen atoms in total. The van der Waals surface area contributed by atoms with Crippen LogP contribution >= 0.6 is 0 Å². The lowest BCUT2D eigenvalue weighted by Gasteiger charge is -2.13. The Hall–Kier alpha value is -1.63. The molecule has 0 aliphatic heterocycles. The number of carboxylic acids is 1. The van der Waals surface area contributed by atoms with Crippen LogP contribution in [0.1, 0.15) is 38.5 Å². The van der Waals surface area contributed by atoms with Crippen LogP contribution in [0.2, 0.25) is 0 Å². The average molecular weight is 272 g/mol. The van der Waals surface area contributed by atoms with E-state index in [4.69, 9.17) is 9.84 Å².